The lowest BCUT2D eigenvalue weighted by Crippen LogP contribution is -2.11. The summed E-state index contributed by atoms with van der Waals surface area (Å²) in [5.41, 5.74) is 2.47. The van der Waals surface area contributed by atoms with Crippen LogP contribution < -0.4 is 5.32 Å². The molecule has 0 fully saturated rings. The van der Waals surface area contributed by atoms with Crippen molar-refractivity contribution in [2.75, 3.05) is 5.32 Å². The third kappa shape index (κ3) is 2.89. The van der Waals surface area contributed by atoms with Gasteiger partial charge in [0.05, 0.1) is 17.4 Å². The maximum Gasteiger partial charge on any atom is 0.182 e. The van der Waals surface area contributed by atoms with Gasteiger partial charge in [-0.15, -0.1) is 0 Å². The number of benzene rings is 1. The molecule has 0 aliphatic heterocycles. The first-order valence-corrected chi connectivity index (χ1v) is 6.80. The van der Waals surface area contributed by atoms with Gasteiger partial charge in [0.15, 0.2) is 11.6 Å². The van der Waals surface area contributed by atoms with Gasteiger partial charge < -0.3 is 5.32 Å². The van der Waals surface area contributed by atoms with Crippen LogP contribution in [0.15, 0.2) is 12.1 Å². The molecule has 1 heterocycles. The Morgan fingerprint density at radius 1 is 1.24 bits per heavy atom. The number of hydrogen-bond acceptors (Lipinski definition) is 2. The summed E-state index contributed by atoms with van der Waals surface area (Å²) in [5.74, 6) is -3.11. The fraction of sp³-hybridized carbons (Fsp3) is 0.400. The minimum atomic E-state index is -1.21. The van der Waals surface area contributed by atoms with E-state index in [-0.39, 0.29) is 11.7 Å². The van der Waals surface area contributed by atoms with Crippen LogP contribution in [0.3, 0.4) is 0 Å². The van der Waals surface area contributed by atoms with Gasteiger partial charge in [-0.3, -0.25) is 4.68 Å². The molecule has 0 radical (unpaired) electrons. The smallest absolute Gasteiger partial charge is 0.182 e. The highest BCUT2D eigenvalue weighted by Gasteiger charge is 2.19. The Kier molecular flexibility index (Phi) is 4.25. The van der Waals surface area contributed by atoms with Gasteiger partial charge in [-0.2, -0.15) is 5.10 Å². The summed E-state index contributed by atoms with van der Waals surface area (Å²) >= 11 is 0. The number of nitrogens with one attached hydrogen (secondary N) is 1. The molecule has 1 unspecified atom stereocenters. The molecule has 2 rings (SSSR count). The minimum absolute atomic E-state index is 0.192. The molecule has 1 aromatic heterocycles. The fourth-order valence-corrected chi connectivity index (χ4v) is 2.61. The predicted molar refractivity (Wildman–Crippen MR) is 75.7 cm³/mol. The Bertz CT molecular complexity index is 665. The molecule has 2 aromatic rings. The standard InChI is InChI=1S/C15H18F3N3/c1-5-21-10(4)14(9(3)20-21)8(2)19-13-7-11(16)6-12(17)15(13)18/h6-8,19H,5H2,1-4H3. The van der Waals surface area contributed by atoms with E-state index in [2.05, 4.69) is 10.4 Å². The highest BCUT2D eigenvalue weighted by molar-refractivity contribution is 5.48. The molecule has 3 nitrogen and oxygen atoms in total. The Labute approximate surface area is 121 Å². The fourth-order valence-electron chi connectivity index (χ4n) is 2.61. The number of hydrogen-bond donors (Lipinski definition) is 1. The van der Waals surface area contributed by atoms with E-state index in [9.17, 15) is 13.2 Å². The quantitative estimate of drug-likeness (QED) is 0.861. The second-order valence-electron chi connectivity index (χ2n) is 5.02. The highest BCUT2D eigenvalue weighted by Crippen LogP contribution is 2.27. The topological polar surface area (TPSA) is 29.9 Å². The molecule has 0 amide bonds. The van der Waals surface area contributed by atoms with Crippen LogP contribution in [-0.4, -0.2) is 9.78 Å². The number of aromatic nitrogens is 2. The van der Waals surface area contributed by atoms with Crippen LogP contribution in [0.25, 0.3) is 0 Å². The number of anilines is 1. The molecule has 0 aliphatic rings. The SMILES string of the molecule is CCn1nc(C)c(C(C)Nc2cc(F)cc(F)c2F)c1C. The van der Waals surface area contributed by atoms with Crippen LogP contribution in [0.1, 0.15) is 36.8 Å². The van der Waals surface area contributed by atoms with Gasteiger partial charge in [-0.05, 0) is 27.7 Å². The third-order valence-corrected chi connectivity index (χ3v) is 3.54. The molecular weight excluding hydrogens is 279 g/mol. The summed E-state index contributed by atoms with van der Waals surface area (Å²) < 4.78 is 42.0. The average molecular weight is 297 g/mol. The van der Waals surface area contributed by atoms with Crippen LogP contribution >= 0.6 is 0 Å². The molecule has 114 valence electrons. The zero-order valence-electron chi connectivity index (χ0n) is 12.5. The molecule has 0 saturated heterocycles. The lowest BCUT2D eigenvalue weighted by atomic mass is 10.1. The monoisotopic (exact) mass is 297 g/mol. The van der Waals surface area contributed by atoms with E-state index < -0.39 is 17.5 Å². The summed E-state index contributed by atoms with van der Waals surface area (Å²) in [7, 11) is 0. The van der Waals surface area contributed by atoms with E-state index in [4.69, 9.17) is 0 Å². The second-order valence-corrected chi connectivity index (χ2v) is 5.02. The first kappa shape index (κ1) is 15.4. The van der Waals surface area contributed by atoms with Gasteiger partial charge in [0.2, 0.25) is 0 Å². The lowest BCUT2D eigenvalue weighted by molar-refractivity contribution is 0.496. The maximum atomic E-state index is 13.7. The Morgan fingerprint density at radius 2 is 1.90 bits per heavy atom. The molecule has 0 aliphatic carbocycles. The number of nitrogens with zero attached hydrogens (tertiary/aromatic N) is 2. The summed E-state index contributed by atoms with van der Waals surface area (Å²) in [6, 6.07) is 1.15. The normalized spacial score (nSPS) is 12.5. The first-order chi connectivity index (χ1) is 9.85. The molecule has 0 spiro atoms. The zero-order chi connectivity index (χ0) is 15.7. The third-order valence-electron chi connectivity index (χ3n) is 3.54. The van der Waals surface area contributed by atoms with Crippen LogP contribution in [0.5, 0.6) is 0 Å². The molecule has 1 aromatic carbocycles. The van der Waals surface area contributed by atoms with Crippen LogP contribution in [0.4, 0.5) is 18.9 Å². The van der Waals surface area contributed by atoms with Crippen molar-refractivity contribution in [3.63, 3.8) is 0 Å². The number of rotatable bonds is 4. The first-order valence-electron chi connectivity index (χ1n) is 6.80. The number of aryl methyl sites for hydroxylation is 2. The van der Waals surface area contributed by atoms with Crippen molar-refractivity contribution < 1.29 is 13.2 Å². The van der Waals surface area contributed by atoms with E-state index >= 15 is 0 Å². The van der Waals surface area contributed by atoms with Gasteiger partial charge in [-0.1, -0.05) is 0 Å². The van der Waals surface area contributed by atoms with E-state index in [1.807, 2.05) is 25.5 Å². The van der Waals surface area contributed by atoms with Gasteiger partial charge in [0.1, 0.15) is 5.82 Å². The predicted octanol–water partition coefficient (Wildman–Crippen LogP) is 4.11. The lowest BCUT2D eigenvalue weighted by Gasteiger charge is -2.17. The van der Waals surface area contributed by atoms with Crippen molar-refractivity contribution in [3.05, 3.63) is 46.5 Å². The van der Waals surface area contributed by atoms with Crippen molar-refractivity contribution in [2.45, 2.75) is 40.3 Å². The molecule has 1 atom stereocenters. The van der Waals surface area contributed by atoms with Crippen molar-refractivity contribution >= 4 is 5.69 Å². The summed E-state index contributed by atoms with van der Waals surface area (Å²) in [5, 5.41) is 7.20. The molecule has 0 saturated carbocycles. The van der Waals surface area contributed by atoms with E-state index in [0.29, 0.717) is 6.07 Å². The molecule has 1 N–H and O–H groups in total. The average Bonchev–Trinajstić information content (AvgIpc) is 2.70. The zero-order valence-corrected chi connectivity index (χ0v) is 12.5. The Hall–Kier alpha value is -1.98. The van der Waals surface area contributed by atoms with Crippen LogP contribution in [0, 0.1) is 31.3 Å². The summed E-state index contributed by atoms with van der Waals surface area (Å²) in [4.78, 5) is 0. The van der Waals surface area contributed by atoms with Gasteiger partial charge >= 0.3 is 0 Å². The van der Waals surface area contributed by atoms with Crippen molar-refractivity contribution in [2.24, 2.45) is 0 Å². The van der Waals surface area contributed by atoms with Crippen molar-refractivity contribution in [1.82, 2.24) is 9.78 Å². The highest BCUT2D eigenvalue weighted by atomic mass is 19.2. The Morgan fingerprint density at radius 3 is 2.48 bits per heavy atom. The number of halogens is 3. The van der Waals surface area contributed by atoms with E-state index in [0.717, 1.165) is 29.6 Å². The van der Waals surface area contributed by atoms with Gasteiger partial charge in [0, 0.05) is 29.9 Å². The maximum absolute atomic E-state index is 13.7. The second kappa shape index (κ2) is 5.79. The van der Waals surface area contributed by atoms with E-state index in [1.165, 1.54) is 0 Å². The minimum Gasteiger partial charge on any atom is -0.376 e. The van der Waals surface area contributed by atoms with Crippen LogP contribution in [-0.2, 0) is 6.54 Å². The summed E-state index contributed by atoms with van der Waals surface area (Å²) in [6.45, 7) is 8.28. The van der Waals surface area contributed by atoms with Crippen molar-refractivity contribution in [1.29, 1.82) is 0 Å². The molecule has 6 heteroatoms. The molecular formula is C15H18F3N3. The van der Waals surface area contributed by atoms with Gasteiger partial charge in [0.25, 0.3) is 0 Å². The molecule has 21 heavy (non-hydrogen) atoms. The molecule has 0 bridgehead atoms. The largest absolute Gasteiger partial charge is 0.376 e. The van der Waals surface area contributed by atoms with E-state index in [1.54, 1.807) is 6.92 Å². The van der Waals surface area contributed by atoms with Crippen LogP contribution in [0.2, 0.25) is 0 Å². The Balaban J connectivity index is 2.35. The van der Waals surface area contributed by atoms with Gasteiger partial charge in [-0.25, -0.2) is 13.2 Å². The summed E-state index contributed by atoms with van der Waals surface area (Å²) in [6.07, 6.45) is 0. The van der Waals surface area contributed by atoms with Crippen molar-refractivity contribution in [3.8, 4) is 0 Å².